The highest BCUT2D eigenvalue weighted by Gasteiger charge is 2.57. The first kappa shape index (κ1) is 43.6. The quantitative estimate of drug-likeness (QED) is 0.151. The Labute approximate surface area is 346 Å². The summed E-state index contributed by atoms with van der Waals surface area (Å²) in [5.74, 6) is -0.894. The van der Waals surface area contributed by atoms with Gasteiger partial charge in [0.1, 0.15) is 36.6 Å². The Bertz CT molecular complexity index is 1690. The summed E-state index contributed by atoms with van der Waals surface area (Å²) in [4.78, 5) is 0. The zero-order valence-corrected chi connectivity index (χ0v) is 36.5. The average molecular weight is 819 g/mol. The smallest absolute Gasteiger partial charge is 0.192 e. The van der Waals surface area contributed by atoms with E-state index in [0.717, 1.165) is 29.5 Å². The molecule has 11 heteroatoms. The third-order valence-corrected chi connectivity index (χ3v) is 17.0. The summed E-state index contributed by atoms with van der Waals surface area (Å²) in [6, 6.07) is 30.3. The Morgan fingerprint density at radius 3 is 1.90 bits per heavy atom. The third-order valence-electron chi connectivity index (χ3n) is 12.5. The number of benzene rings is 3. The highest BCUT2D eigenvalue weighted by Crippen LogP contribution is 2.43. The molecule has 4 heterocycles. The van der Waals surface area contributed by atoms with Crippen molar-refractivity contribution in [3.8, 4) is 0 Å². The van der Waals surface area contributed by atoms with Gasteiger partial charge in [-0.05, 0) is 61.5 Å². The lowest BCUT2D eigenvalue weighted by molar-refractivity contribution is -0.314. The van der Waals surface area contributed by atoms with Gasteiger partial charge in [-0.2, -0.15) is 0 Å². The van der Waals surface area contributed by atoms with Gasteiger partial charge in [0.25, 0.3) is 0 Å². The van der Waals surface area contributed by atoms with E-state index in [1.165, 1.54) is 0 Å². The SMILES string of the molecule is CC1(C)O[C@H]([C@@H]2O[C@@H]3[C@@H](OCc4ccccc4)[C@H](OCc4ccccc4)[C@@H](COCc4ccccc4)O[C@H]3C[C@@H]2O)[C@@H](C[C@H]2OCCC[C@H]2O[Si](C)(C)C(C)(C)C)O1. The molecular weight excluding hydrogens is 753 g/mol. The molecule has 0 aromatic heterocycles. The van der Waals surface area contributed by atoms with E-state index in [-0.39, 0.29) is 23.9 Å². The molecule has 58 heavy (non-hydrogen) atoms. The Morgan fingerprint density at radius 1 is 0.707 bits per heavy atom. The van der Waals surface area contributed by atoms with Crippen molar-refractivity contribution >= 4 is 8.32 Å². The van der Waals surface area contributed by atoms with E-state index in [4.69, 9.17) is 42.3 Å². The van der Waals surface area contributed by atoms with Gasteiger partial charge >= 0.3 is 0 Å². The Kier molecular flexibility index (Phi) is 14.3. The molecule has 10 nitrogen and oxygen atoms in total. The van der Waals surface area contributed by atoms with E-state index in [0.29, 0.717) is 39.3 Å². The zero-order chi connectivity index (χ0) is 40.9. The first-order chi connectivity index (χ1) is 27.8. The molecule has 4 saturated heterocycles. The minimum absolute atomic E-state index is 0.0461. The van der Waals surface area contributed by atoms with Crippen LogP contribution in [-0.4, -0.2) is 99.6 Å². The predicted molar refractivity (Wildman–Crippen MR) is 224 cm³/mol. The average Bonchev–Trinajstić information content (AvgIpc) is 3.50. The van der Waals surface area contributed by atoms with Crippen molar-refractivity contribution in [2.24, 2.45) is 0 Å². The molecule has 11 atom stereocenters. The summed E-state index contributed by atoms with van der Waals surface area (Å²) in [7, 11) is -2.07. The first-order valence-corrected chi connectivity index (χ1v) is 24.2. The van der Waals surface area contributed by atoms with Crippen LogP contribution in [0.5, 0.6) is 0 Å². The number of fused-ring (bicyclic) bond motifs is 1. The Balaban J connectivity index is 1.14. The number of aliphatic hydroxyl groups is 1. The molecule has 0 amide bonds. The number of aliphatic hydroxyl groups excluding tert-OH is 1. The van der Waals surface area contributed by atoms with Crippen LogP contribution in [0.1, 0.15) is 77.0 Å². The van der Waals surface area contributed by atoms with Gasteiger partial charge in [0, 0.05) is 19.4 Å². The van der Waals surface area contributed by atoms with Crippen molar-refractivity contribution in [2.45, 2.75) is 171 Å². The Morgan fingerprint density at radius 2 is 1.29 bits per heavy atom. The van der Waals surface area contributed by atoms with Crippen LogP contribution in [0.15, 0.2) is 91.0 Å². The molecule has 4 aliphatic heterocycles. The molecule has 4 fully saturated rings. The van der Waals surface area contributed by atoms with Crippen LogP contribution in [-0.2, 0) is 62.1 Å². The minimum Gasteiger partial charge on any atom is -0.411 e. The second-order valence-corrected chi connectivity index (χ2v) is 23.2. The van der Waals surface area contributed by atoms with Crippen LogP contribution in [0.3, 0.4) is 0 Å². The molecule has 0 spiro atoms. The molecule has 0 aliphatic carbocycles. The lowest BCUT2D eigenvalue weighted by Crippen LogP contribution is -2.67. The summed E-state index contributed by atoms with van der Waals surface area (Å²) < 4.78 is 60.7. The van der Waals surface area contributed by atoms with Gasteiger partial charge in [0.2, 0.25) is 0 Å². The highest BCUT2D eigenvalue weighted by molar-refractivity contribution is 6.74. The maximum Gasteiger partial charge on any atom is 0.192 e. The molecule has 4 aliphatic rings. The lowest BCUT2D eigenvalue weighted by atomic mass is 9.85. The van der Waals surface area contributed by atoms with Gasteiger partial charge < -0.3 is 47.4 Å². The van der Waals surface area contributed by atoms with E-state index in [2.05, 4.69) is 46.0 Å². The van der Waals surface area contributed by atoms with Gasteiger partial charge in [-0.15, -0.1) is 0 Å². The molecule has 3 aromatic carbocycles. The van der Waals surface area contributed by atoms with Crippen LogP contribution in [0.2, 0.25) is 18.1 Å². The fraction of sp³-hybridized carbons (Fsp3) is 0.617. The van der Waals surface area contributed by atoms with Crippen LogP contribution >= 0.6 is 0 Å². The fourth-order valence-electron chi connectivity index (χ4n) is 8.49. The maximum absolute atomic E-state index is 12.0. The Hall–Kier alpha value is -2.52. The van der Waals surface area contributed by atoms with E-state index in [9.17, 15) is 5.11 Å². The molecule has 0 radical (unpaired) electrons. The van der Waals surface area contributed by atoms with Gasteiger partial charge in [0.05, 0.1) is 56.9 Å². The predicted octanol–water partition coefficient (Wildman–Crippen LogP) is 8.14. The topological polar surface area (TPSA) is 103 Å². The van der Waals surface area contributed by atoms with Gasteiger partial charge in [-0.3, -0.25) is 0 Å². The maximum atomic E-state index is 12.0. The van der Waals surface area contributed by atoms with Gasteiger partial charge in [0.15, 0.2) is 14.1 Å². The van der Waals surface area contributed by atoms with Crippen molar-refractivity contribution in [1.82, 2.24) is 0 Å². The largest absolute Gasteiger partial charge is 0.411 e. The van der Waals surface area contributed by atoms with E-state index in [1.807, 2.05) is 92.7 Å². The summed E-state index contributed by atoms with van der Waals surface area (Å²) in [5, 5.41) is 12.1. The van der Waals surface area contributed by atoms with E-state index in [1.54, 1.807) is 0 Å². The number of hydrogen-bond acceptors (Lipinski definition) is 10. The molecule has 3 aromatic rings. The minimum atomic E-state index is -2.07. The molecular formula is C47H66O10Si. The molecule has 0 bridgehead atoms. The van der Waals surface area contributed by atoms with E-state index >= 15 is 0 Å². The summed E-state index contributed by atoms with van der Waals surface area (Å²) in [6.07, 6.45) is -2.67. The summed E-state index contributed by atoms with van der Waals surface area (Å²) in [5.41, 5.74) is 3.14. The summed E-state index contributed by atoms with van der Waals surface area (Å²) in [6.45, 7) is 17.3. The molecule has 0 unspecified atom stereocenters. The highest BCUT2D eigenvalue weighted by atomic mass is 28.4. The zero-order valence-electron chi connectivity index (χ0n) is 35.5. The van der Waals surface area contributed by atoms with E-state index < -0.39 is 69.0 Å². The standard InChI is InChI=1S/C47H66O10Si/c1-46(2,3)58(6,7)57-36-24-17-25-50-37(36)27-39-44(56-47(4,5)55-39)41-35(48)26-38-43(54-41)45(52-30-34-22-15-10-16-23-34)42(51-29-33-20-13-9-14-21-33)40(53-38)31-49-28-32-18-11-8-12-19-32/h8-16,18-23,35-45,48H,17,24-31H2,1-7H3/t35-,36+,37+,38-,39+,40+,41+,42+,43-,44-,45-/m0/s1. The van der Waals surface area contributed by atoms with Crippen molar-refractivity contribution in [3.05, 3.63) is 108 Å². The summed E-state index contributed by atoms with van der Waals surface area (Å²) >= 11 is 0. The normalized spacial score (nSPS) is 32.8. The molecule has 1 N–H and O–H groups in total. The third kappa shape index (κ3) is 10.9. The molecule has 0 saturated carbocycles. The molecule has 7 rings (SSSR count). The van der Waals surface area contributed by atoms with Gasteiger partial charge in [-0.1, -0.05) is 112 Å². The van der Waals surface area contributed by atoms with Crippen molar-refractivity contribution < 1.29 is 47.4 Å². The van der Waals surface area contributed by atoms with Crippen LogP contribution in [0, 0.1) is 0 Å². The van der Waals surface area contributed by atoms with Crippen LogP contribution in [0.4, 0.5) is 0 Å². The van der Waals surface area contributed by atoms with Crippen LogP contribution in [0.25, 0.3) is 0 Å². The first-order valence-electron chi connectivity index (χ1n) is 21.3. The van der Waals surface area contributed by atoms with Gasteiger partial charge in [-0.25, -0.2) is 0 Å². The number of rotatable bonds is 15. The van der Waals surface area contributed by atoms with Crippen molar-refractivity contribution in [3.63, 3.8) is 0 Å². The van der Waals surface area contributed by atoms with Crippen LogP contribution < -0.4 is 0 Å². The monoisotopic (exact) mass is 818 g/mol. The number of hydrogen-bond donors (Lipinski definition) is 1. The lowest BCUT2D eigenvalue weighted by Gasteiger charge is -2.51. The second kappa shape index (κ2) is 19.0. The van der Waals surface area contributed by atoms with Crippen molar-refractivity contribution in [1.29, 1.82) is 0 Å². The van der Waals surface area contributed by atoms with Crippen molar-refractivity contribution in [2.75, 3.05) is 13.2 Å². The molecule has 318 valence electrons. The number of ether oxygens (including phenoxy) is 8. The fourth-order valence-corrected chi connectivity index (χ4v) is 9.87. The second-order valence-electron chi connectivity index (χ2n) is 18.4.